The topological polar surface area (TPSA) is 162 Å². The average Bonchev–Trinajstić information content (AvgIpc) is 3.56. The molecule has 3 aromatic carbocycles. The van der Waals surface area contributed by atoms with Crippen molar-refractivity contribution < 1.29 is 50.9 Å². The molecule has 65 heavy (non-hydrogen) atoms. The lowest BCUT2D eigenvalue weighted by Gasteiger charge is -2.25. The van der Waals surface area contributed by atoms with Crippen molar-refractivity contribution in [3.05, 3.63) is 104 Å². The molecule has 2 aromatic heterocycles. The number of hydrogen-bond acceptors (Lipinski definition) is 14. The summed E-state index contributed by atoms with van der Waals surface area (Å²) in [6, 6.07) is 14.2. The molecule has 1 N–H and O–H groups in total. The molecular formula is C46H55BrCl2N2O11S2Si. The van der Waals surface area contributed by atoms with Crippen molar-refractivity contribution in [2.75, 3.05) is 33.2 Å². The van der Waals surface area contributed by atoms with E-state index in [2.05, 4.69) is 52.1 Å². The molecule has 0 saturated heterocycles. The van der Waals surface area contributed by atoms with Crippen LogP contribution in [0.25, 0.3) is 21.3 Å². The molecular weight excluding hydrogens is 1000 g/mol. The van der Waals surface area contributed by atoms with Crippen LogP contribution in [0.5, 0.6) is 23.1 Å². The number of hydrogen-bond donors (Lipinski definition) is 1. The minimum Gasteiger partial charge on any atom is -0.508 e. The Balaban J connectivity index is 1.50. The summed E-state index contributed by atoms with van der Waals surface area (Å²) in [5, 5.41) is 11.3. The maximum Gasteiger partial charge on any atom is 0.348 e. The lowest BCUT2D eigenvalue weighted by molar-refractivity contribution is -0.163. The Bertz CT molecular complexity index is 2540. The fraction of sp³-hybridized carbons (Fsp3) is 0.413. The Hall–Kier alpha value is -3.78. The molecule has 0 saturated carbocycles. The van der Waals surface area contributed by atoms with Gasteiger partial charge < -0.3 is 33.5 Å². The van der Waals surface area contributed by atoms with Gasteiger partial charge in [-0.2, -0.15) is 8.42 Å². The number of carbonyl (C=O) groups excluding carboxylic acids is 1. The zero-order valence-corrected chi connectivity index (χ0v) is 43.4. The summed E-state index contributed by atoms with van der Waals surface area (Å²) in [5.74, 6) is -0.481. The molecule has 0 spiro atoms. The van der Waals surface area contributed by atoms with Crippen molar-refractivity contribution in [2.45, 2.75) is 90.3 Å². The van der Waals surface area contributed by atoms with Crippen molar-refractivity contribution >= 4 is 84.8 Å². The van der Waals surface area contributed by atoms with E-state index < -0.39 is 42.0 Å². The van der Waals surface area contributed by atoms with Crippen LogP contribution in [0.1, 0.15) is 43.0 Å². The third-order valence-electron chi connectivity index (χ3n) is 9.58. The highest BCUT2D eigenvalue weighted by Crippen LogP contribution is 2.52. The van der Waals surface area contributed by atoms with E-state index in [1.165, 1.54) is 29.8 Å². The summed E-state index contributed by atoms with van der Waals surface area (Å²) < 4.78 is 68.3. The maximum atomic E-state index is 14.0. The molecule has 19 heteroatoms. The van der Waals surface area contributed by atoms with Crippen LogP contribution in [0, 0.1) is 13.8 Å². The first kappa shape index (κ1) is 52.2. The molecule has 5 rings (SSSR count). The third kappa shape index (κ3) is 14.9. The van der Waals surface area contributed by atoms with Crippen LogP contribution in [-0.4, -0.2) is 88.6 Å². The van der Waals surface area contributed by atoms with Crippen molar-refractivity contribution in [3.8, 4) is 34.3 Å². The smallest absolute Gasteiger partial charge is 0.348 e. The molecule has 0 aliphatic heterocycles. The van der Waals surface area contributed by atoms with Gasteiger partial charge in [-0.3, -0.25) is 4.18 Å². The van der Waals surface area contributed by atoms with Gasteiger partial charge in [0.25, 0.3) is 10.1 Å². The van der Waals surface area contributed by atoms with E-state index in [1.807, 2.05) is 0 Å². The van der Waals surface area contributed by atoms with Gasteiger partial charge in [0.2, 0.25) is 12.0 Å². The largest absolute Gasteiger partial charge is 0.508 e. The van der Waals surface area contributed by atoms with Crippen LogP contribution in [0.3, 0.4) is 0 Å². The van der Waals surface area contributed by atoms with Gasteiger partial charge in [0.15, 0.2) is 12.5 Å². The zero-order valence-electron chi connectivity index (χ0n) is 37.7. The number of carbonyl (C=O) groups is 1. The highest BCUT2D eigenvalue weighted by Gasteiger charge is 2.33. The molecule has 13 nitrogen and oxygen atoms in total. The van der Waals surface area contributed by atoms with Gasteiger partial charge in [-0.05, 0) is 97.0 Å². The molecule has 0 amide bonds. The van der Waals surface area contributed by atoms with Crippen molar-refractivity contribution in [1.29, 1.82) is 0 Å². The van der Waals surface area contributed by atoms with E-state index in [1.54, 1.807) is 77.1 Å². The van der Waals surface area contributed by atoms with Crippen molar-refractivity contribution in [3.63, 3.8) is 0 Å². The number of esters is 1. The Morgan fingerprint density at radius 3 is 2.32 bits per heavy atom. The fourth-order valence-corrected chi connectivity index (χ4v) is 10.5. The summed E-state index contributed by atoms with van der Waals surface area (Å²) in [6.45, 7) is 19.5. The summed E-state index contributed by atoms with van der Waals surface area (Å²) in [6.07, 6.45) is 0.590. The minimum atomic E-state index is -4.01. The second-order valence-electron chi connectivity index (χ2n) is 17.3. The molecule has 0 fully saturated rings. The van der Waals surface area contributed by atoms with E-state index >= 15 is 0 Å². The lowest BCUT2D eigenvalue weighted by atomic mass is 9.95. The molecule has 0 unspecified atom stereocenters. The molecule has 0 aliphatic carbocycles. The van der Waals surface area contributed by atoms with Gasteiger partial charge >= 0.3 is 5.97 Å². The third-order valence-corrected chi connectivity index (χ3v) is 15.1. The number of halogens is 3. The highest BCUT2D eigenvalue weighted by molar-refractivity contribution is 9.11. The Kier molecular flexibility index (Phi) is 18.3. The van der Waals surface area contributed by atoms with Crippen LogP contribution in [0.2, 0.25) is 35.7 Å². The number of phenolic OH excluding ortho intramolecular Hbond substituents is 1. The van der Waals surface area contributed by atoms with E-state index in [0.717, 1.165) is 6.04 Å². The van der Waals surface area contributed by atoms with E-state index in [0.29, 0.717) is 59.7 Å². The van der Waals surface area contributed by atoms with E-state index in [9.17, 15) is 18.3 Å². The molecule has 0 radical (unpaired) electrons. The number of phenols is 1. The van der Waals surface area contributed by atoms with E-state index in [-0.39, 0.29) is 66.2 Å². The quantitative estimate of drug-likeness (QED) is 0.0164. The maximum absolute atomic E-state index is 14.0. The first-order valence-electron chi connectivity index (χ1n) is 20.7. The summed E-state index contributed by atoms with van der Waals surface area (Å²) in [4.78, 5) is 23.6. The predicted molar refractivity (Wildman–Crippen MR) is 262 cm³/mol. The number of fused-ring (bicyclic) bond motifs is 1. The Labute approximate surface area is 404 Å². The van der Waals surface area contributed by atoms with Gasteiger partial charge in [0.1, 0.15) is 46.7 Å². The van der Waals surface area contributed by atoms with Crippen LogP contribution in [0.15, 0.2) is 71.3 Å². The number of thiophene rings is 1. The molecule has 0 aliphatic rings. The first-order chi connectivity index (χ1) is 30.6. The fourth-order valence-electron chi connectivity index (χ4n) is 6.46. The number of rotatable bonds is 23. The Morgan fingerprint density at radius 1 is 0.985 bits per heavy atom. The van der Waals surface area contributed by atoms with Crippen molar-refractivity contribution in [2.24, 2.45) is 0 Å². The summed E-state index contributed by atoms with van der Waals surface area (Å²) >= 11 is 19.3. The van der Waals surface area contributed by atoms with Crippen molar-refractivity contribution in [1.82, 2.24) is 9.97 Å². The molecule has 352 valence electrons. The van der Waals surface area contributed by atoms with Gasteiger partial charge in [-0.1, -0.05) is 79.3 Å². The number of aromatic hydroxyl groups is 1. The lowest BCUT2D eigenvalue weighted by Crippen LogP contribution is -2.37. The standard InChI is InChI=1S/C46H55BrCl2N2O11S2Si/c1-10-18-56-23-33(24-59-64(54,55)25-30-14-12-11-13-15-30)60-41-39(48)28(2)36(29(3)40(41)49)37-38-43(50-26-51-44(38)63-42(37)47)61-35(45(53)62-46(4,5)6)22-31-21-32(52)16-17-34(31)58-27-57-19-20-65(7,8)9/h10-17,21,26,33,35,52H,1,18-20,22-25,27H2,2-9H3/t33-,35-/m1/s1. The van der Waals surface area contributed by atoms with Gasteiger partial charge in [-0.25, -0.2) is 14.8 Å². The first-order valence-corrected chi connectivity index (χ1v) is 28.3. The minimum absolute atomic E-state index is 0.0269. The highest BCUT2D eigenvalue weighted by atomic mass is 79.9. The molecule has 5 aromatic rings. The van der Waals surface area contributed by atoms with Crippen LogP contribution in [-0.2, 0) is 45.5 Å². The monoisotopic (exact) mass is 1050 g/mol. The van der Waals surface area contributed by atoms with Crippen LogP contribution < -0.4 is 14.2 Å². The summed E-state index contributed by atoms with van der Waals surface area (Å²) in [7, 11) is -5.34. The van der Waals surface area contributed by atoms with Gasteiger partial charge in [0.05, 0.1) is 32.4 Å². The molecule has 2 heterocycles. The SMILES string of the molecule is C=CCOC[C@H](COS(=O)(=O)Cc1ccccc1)Oc1c(Cl)c(C)c(-c2c(Br)sc3ncnc(O[C@H](Cc4cc(O)ccc4OCOCC[Si](C)(C)C)C(=O)OC(C)(C)C)c23)c(C)c1Cl. The number of benzene rings is 3. The van der Waals surface area contributed by atoms with Crippen LogP contribution in [0.4, 0.5) is 0 Å². The summed E-state index contributed by atoms with van der Waals surface area (Å²) in [5.41, 5.74) is 2.48. The van der Waals surface area contributed by atoms with Gasteiger partial charge in [-0.15, -0.1) is 17.9 Å². The second kappa shape index (κ2) is 22.8. The Morgan fingerprint density at radius 2 is 1.68 bits per heavy atom. The second-order valence-corrected chi connectivity index (χ2v) is 27.7. The average molecular weight is 1050 g/mol. The number of ether oxygens (including phenoxy) is 6. The van der Waals surface area contributed by atoms with E-state index in [4.69, 9.17) is 55.8 Å². The molecule has 2 atom stereocenters. The van der Waals surface area contributed by atoms with Gasteiger partial charge in [0, 0.05) is 32.2 Å². The molecule has 0 bridgehead atoms. The number of nitrogens with zero attached hydrogens (tertiary/aromatic N) is 2. The predicted octanol–water partition coefficient (Wildman–Crippen LogP) is 11.3. The number of aromatic nitrogens is 2. The zero-order chi connectivity index (χ0) is 47.7. The normalized spacial score (nSPS) is 13.1. The van der Waals surface area contributed by atoms with Crippen LogP contribution >= 0.6 is 50.5 Å².